The van der Waals surface area contributed by atoms with Gasteiger partial charge in [0.2, 0.25) is 0 Å². The number of amides is 3. The minimum absolute atomic E-state index is 0.0699. The van der Waals surface area contributed by atoms with E-state index < -0.39 is 12.1 Å². The van der Waals surface area contributed by atoms with Crippen molar-refractivity contribution in [2.24, 2.45) is 0 Å². The molecule has 1 aromatic carbocycles. The number of urea groups is 1. The Kier molecular flexibility index (Phi) is 4.35. The van der Waals surface area contributed by atoms with E-state index in [4.69, 9.17) is 0 Å². The molecule has 2 rings (SSSR count). The van der Waals surface area contributed by atoms with Gasteiger partial charge in [0, 0.05) is 31.9 Å². The second-order valence-electron chi connectivity index (χ2n) is 4.57. The van der Waals surface area contributed by atoms with Gasteiger partial charge in [0.15, 0.2) is 0 Å². The van der Waals surface area contributed by atoms with Gasteiger partial charge in [0.25, 0.3) is 0 Å². The van der Waals surface area contributed by atoms with Crippen molar-refractivity contribution in [3.05, 3.63) is 30.3 Å². The quantitative estimate of drug-likeness (QED) is 0.861. The number of carbonyl (C=O) groups excluding carboxylic acids is 2. The number of nitrogens with zero attached hydrogens (tertiary/aromatic N) is 2. The normalized spacial score (nSPS) is 15.8. The van der Waals surface area contributed by atoms with Crippen LogP contribution in [0.25, 0.3) is 0 Å². The molecule has 3 amide bonds. The number of para-hydroxylation sites is 1. The molecule has 0 bridgehead atoms. The van der Waals surface area contributed by atoms with E-state index in [-0.39, 0.29) is 32.2 Å². The van der Waals surface area contributed by atoms with Crippen LogP contribution >= 0.6 is 0 Å². The zero-order valence-electron chi connectivity index (χ0n) is 11.1. The van der Waals surface area contributed by atoms with E-state index in [1.54, 1.807) is 30.3 Å². The van der Waals surface area contributed by atoms with E-state index in [0.717, 1.165) is 0 Å². The van der Waals surface area contributed by atoms with Gasteiger partial charge in [-0.1, -0.05) is 18.2 Å². The van der Waals surface area contributed by atoms with Crippen molar-refractivity contribution >= 4 is 17.6 Å². The van der Waals surface area contributed by atoms with Crippen molar-refractivity contribution in [2.45, 2.75) is 6.18 Å². The Labute approximate surface area is 119 Å². The average molecular weight is 301 g/mol. The number of piperazine rings is 1. The number of nitrogens with one attached hydrogen (secondary N) is 1. The third-order valence-electron chi connectivity index (χ3n) is 3.12. The second-order valence-corrected chi connectivity index (χ2v) is 4.57. The van der Waals surface area contributed by atoms with Crippen LogP contribution < -0.4 is 5.32 Å². The molecule has 0 atom stereocenters. The van der Waals surface area contributed by atoms with Crippen LogP contribution in [0.3, 0.4) is 0 Å². The summed E-state index contributed by atoms with van der Waals surface area (Å²) in [4.78, 5) is 25.1. The van der Waals surface area contributed by atoms with Crippen LogP contribution in [0.1, 0.15) is 0 Å². The predicted octanol–water partition coefficient (Wildman–Crippen LogP) is 1.93. The lowest BCUT2D eigenvalue weighted by molar-refractivity contribution is -0.186. The van der Waals surface area contributed by atoms with Crippen LogP contribution in [0.5, 0.6) is 0 Å². The van der Waals surface area contributed by atoms with Crippen LogP contribution in [0, 0.1) is 0 Å². The molecule has 8 heteroatoms. The van der Waals surface area contributed by atoms with Gasteiger partial charge in [0.1, 0.15) is 0 Å². The number of hydrogen-bond donors (Lipinski definition) is 1. The largest absolute Gasteiger partial charge is 0.471 e. The predicted molar refractivity (Wildman–Crippen MR) is 69.7 cm³/mol. The second kappa shape index (κ2) is 6.02. The van der Waals surface area contributed by atoms with Gasteiger partial charge in [-0.25, -0.2) is 4.79 Å². The number of halogens is 3. The topological polar surface area (TPSA) is 52.7 Å². The molecule has 1 N–H and O–H groups in total. The van der Waals surface area contributed by atoms with Crippen LogP contribution in [0.4, 0.5) is 23.7 Å². The van der Waals surface area contributed by atoms with Crippen molar-refractivity contribution < 1.29 is 22.8 Å². The molecule has 114 valence electrons. The zero-order valence-corrected chi connectivity index (χ0v) is 11.1. The first-order valence-electron chi connectivity index (χ1n) is 6.35. The van der Waals surface area contributed by atoms with Gasteiger partial charge in [0.05, 0.1) is 0 Å². The molecule has 1 saturated heterocycles. The summed E-state index contributed by atoms with van der Waals surface area (Å²) in [7, 11) is 0. The van der Waals surface area contributed by atoms with Crippen LogP contribution in [-0.4, -0.2) is 54.1 Å². The molecule has 1 aromatic rings. The lowest BCUT2D eigenvalue weighted by atomic mass is 10.3. The summed E-state index contributed by atoms with van der Waals surface area (Å²) in [5, 5.41) is 2.65. The number of carbonyl (C=O) groups is 2. The maximum absolute atomic E-state index is 12.3. The number of alkyl halides is 3. The summed E-state index contributed by atoms with van der Waals surface area (Å²) in [5.41, 5.74) is 0.608. The van der Waals surface area contributed by atoms with Crippen LogP contribution in [-0.2, 0) is 4.79 Å². The minimum Gasteiger partial charge on any atom is -0.331 e. The molecular weight excluding hydrogens is 287 g/mol. The number of hydrogen-bond acceptors (Lipinski definition) is 2. The molecular formula is C13H14F3N3O2. The molecule has 5 nitrogen and oxygen atoms in total. The van der Waals surface area contributed by atoms with E-state index in [0.29, 0.717) is 10.6 Å². The standard InChI is InChI=1S/C13H14F3N3O2/c14-13(15,16)11(20)18-6-8-19(9-7-18)12(21)17-10-4-2-1-3-5-10/h1-5H,6-9H2,(H,17,21). The summed E-state index contributed by atoms with van der Waals surface area (Å²) in [6, 6.07) is 8.35. The first-order chi connectivity index (χ1) is 9.88. The Bertz CT molecular complexity index is 511. The Morgan fingerprint density at radius 3 is 2.00 bits per heavy atom. The van der Waals surface area contributed by atoms with Gasteiger partial charge in [-0.15, -0.1) is 0 Å². The molecule has 1 aliphatic rings. The summed E-state index contributed by atoms with van der Waals surface area (Å²) < 4.78 is 36.9. The lowest BCUT2D eigenvalue weighted by Crippen LogP contribution is -2.54. The highest BCUT2D eigenvalue weighted by Gasteiger charge is 2.43. The average Bonchev–Trinajstić information content (AvgIpc) is 2.46. The van der Waals surface area contributed by atoms with E-state index in [1.807, 2.05) is 0 Å². The highest BCUT2D eigenvalue weighted by atomic mass is 19.4. The van der Waals surface area contributed by atoms with Gasteiger partial charge in [-0.05, 0) is 12.1 Å². The Balaban J connectivity index is 1.86. The molecule has 0 spiro atoms. The molecule has 21 heavy (non-hydrogen) atoms. The van der Waals surface area contributed by atoms with E-state index in [2.05, 4.69) is 5.32 Å². The van der Waals surface area contributed by atoms with Crippen molar-refractivity contribution in [3.63, 3.8) is 0 Å². The van der Waals surface area contributed by atoms with Crippen molar-refractivity contribution in [2.75, 3.05) is 31.5 Å². The van der Waals surface area contributed by atoms with E-state index in [1.165, 1.54) is 4.90 Å². The Morgan fingerprint density at radius 1 is 0.952 bits per heavy atom. The van der Waals surface area contributed by atoms with Crippen LogP contribution in [0.2, 0.25) is 0 Å². The van der Waals surface area contributed by atoms with E-state index in [9.17, 15) is 22.8 Å². The van der Waals surface area contributed by atoms with Gasteiger partial charge < -0.3 is 15.1 Å². The monoisotopic (exact) mass is 301 g/mol. The molecule has 0 saturated carbocycles. The van der Waals surface area contributed by atoms with Gasteiger partial charge in [-0.2, -0.15) is 13.2 Å². The molecule has 0 aliphatic carbocycles. The van der Waals surface area contributed by atoms with E-state index >= 15 is 0 Å². The van der Waals surface area contributed by atoms with Crippen LogP contribution in [0.15, 0.2) is 30.3 Å². The SMILES string of the molecule is O=C(Nc1ccccc1)N1CCN(C(=O)C(F)(F)F)CC1. The Morgan fingerprint density at radius 2 is 1.48 bits per heavy atom. The Hall–Kier alpha value is -2.25. The number of anilines is 1. The number of rotatable bonds is 1. The number of benzene rings is 1. The summed E-state index contributed by atoms with van der Waals surface area (Å²) in [6.07, 6.45) is -4.87. The summed E-state index contributed by atoms with van der Waals surface area (Å²) in [6.45, 7) is -0.109. The molecule has 1 fully saturated rings. The lowest BCUT2D eigenvalue weighted by Gasteiger charge is -2.34. The van der Waals surface area contributed by atoms with Crippen molar-refractivity contribution in [1.82, 2.24) is 9.80 Å². The van der Waals surface area contributed by atoms with Crippen molar-refractivity contribution in [1.29, 1.82) is 0 Å². The van der Waals surface area contributed by atoms with Gasteiger partial charge >= 0.3 is 18.1 Å². The highest BCUT2D eigenvalue weighted by Crippen LogP contribution is 2.19. The third-order valence-corrected chi connectivity index (χ3v) is 3.12. The third kappa shape index (κ3) is 3.87. The fraction of sp³-hybridized carbons (Fsp3) is 0.385. The maximum Gasteiger partial charge on any atom is 0.471 e. The molecule has 0 unspecified atom stereocenters. The zero-order chi connectivity index (χ0) is 15.5. The fourth-order valence-corrected chi connectivity index (χ4v) is 2.02. The molecule has 1 aliphatic heterocycles. The smallest absolute Gasteiger partial charge is 0.331 e. The fourth-order valence-electron chi connectivity index (χ4n) is 2.02. The van der Waals surface area contributed by atoms with Gasteiger partial charge in [-0.3, -0.25) is 4.79 Å². The molecule has 0 radical (unpaired) electrons. The summed E-state index contributed by atoms with van der Waals surface area (Å²) in [5.74, 6) is -1.86. The minimum atomic E-state index is -4.87. The first kappa shape index (κ1) is 15.1. The first-order valence-corrected chi connectivity index (χ1v) is 6.35. The maximum atomic E-state index is 12.3. The van der Waals surface area contributed by atoms with Crippen molar-refractivity contribution in [3.8, 4) is 0 Å². The summed E-state index contributed by atoms with van der Waals surface area (Å²) >= 11 is 0. The highest BCUT2D eigenvalue weighted by molar-refractivity contribution is 5.89. The molecule has 1 heterocycles. The molecule has 0 aromatic heterocycles.